The van der Waals surface area contributed by atoms with Crippen LogP contribution in [0.15, 0.2) is 38.6 Å². The van der Waals surface area contributed by atoms with Crippen LogP contribution < -0.4 is 0 Å². The fourth-order valence-corrected chi connectivity index (χ4v) is 3.31. The minimum Gasteiger partial charge on any atom is -0.287 e. The van der Waals surface area contributed by atoms with Crippen molar-refractivity contribution in [3.8, 4) is 0 Å². The molecule has 5 heteroatoms. The lowest BCUT2D eigenvalue weighted by Crippen LogP contribution is -2.28. The number of nitrogens with zero attached hydrogens (tertiary/aromatic N) is 2. The molecule has 1 amide bonds. The molecule has 0 aliphatic carbocycles. The lowest BCUT2D eigenvalue weighted by atomic mass is 10.2. The van der Waals surface area contributed by atoms with Gasteiger partial charge in [0.15, 0.2) is 5.17 Å². The van der Waals surface area contributed by atoms with Crippen molar-refractivity contribution in [1.29, 1.82) is 0 Å². The van der Waals surface area contributed by atoms with Gasteiger partial charge in [0.1, 0.15) is 0 Å². The minimum atomic E-state index is 0.0414. The Morgan fingerprint density at radius 3 is 2.84 bits per heavy atom. The van der Waals surface area contributed by atoms with Crippen LogP contribution in [0.25, 0.3) is 6.08 Å². The van der Waals surface area contributed by atoms with E-state index in [4.69, 9.17) is 0 Å². The molecule has 0 bridgehead atoms. The Hall–Kier alpha value is -1.07. The van der Waals surface area contributed by atoms with Crippen LogP contribution in [-0.2, 0) is 4.79 Å². The molecule has 1 aromatic carbocycles. The highest BCUT2D eigenvalue weighted by atomic mass is 79.9. The van der Waals surface area contributed by atoms with Crippen LogP contribution in [-0.4, -0.2) is 29.1 Å². The van der Waals surface area contributed by atoms with Crippen molar-refractivity contribution in [2.75, 3.05) is 13.1 Å². The summed E-state index contributed by atoms with van der Waals surface area (Å²) in [6.07, 6.45) is 1.92. The molecule has 1 aliphatic heterocycles. The molecule has 0 unspecified atom stereocenters. The van der Waals surface area contributed by atoms with Gasteiger partial charge in [-0.25, -0.2) is 0 Å². The van der Waals surface area contributed by atoms with Gasteiger partial charge in [0.25, 0.3) is 5.91 Å². The Labute approximate surface area is 125 Å². The molecule has 0 N–H and O–H groups in total. The van der Waals surface area contributed by atoms with Gasteiger partial charge < -0.3 is 0 Å². The van der Waals surface area contributed by atoms with Gasteiger partial charge >= 0.3 is 0 Å². The number of hydrogen-bond acceptors (Lipinski definition) is 3. The fourth-order valence-electron chi connectivity index (χ4n) is 1.79. The number of likely N-dealkylation sites (N-methyl/N-ethyl adjacent to an activating group) is 1. The highest BCUT2D eigenvalue weighted by molar-refractivity contribution is 9.10. The molecular weight excluding hydrogens is 324 g/mol. The van der Waals surface area contributed by atoms with E-state index in [0.29, 0.717) is 13.1 Å². The molecule has 0 spiro atoms. The lowest BCUT2D eigenvalue weighted by Gasteiger charge is -2.11. The van der Waals surface area contributed by atoms with Crippen molar-refractivity contribution in [3.63, 3.8) is 0 Å². The number of amides is 1. The molecule has 2 rings (SSSR count). The van der Waals surface area contributed by atoms with E-state index in [0.717, 1.165) is 20.1 Å². The molecule has 1 heterocycles. The summed E-state index contributed by atoms with van der Waals surface area (Å²) < 4.78 is 1.01. The molecule has 0 radical (unpaired) electrons. The van der Waals surface area contributed by atoms with Crippen LogP contribution in [0.5, 0.6) is 0 Å². The van der Waals surface area contributed by atoms with Gasteiger partial charge in [0.2, 0.25) is 0 Å². The summed E-state index contributed by atoms with van der Waals surface area (Å²) in [4.78, 5) is 19.1. The third-order valence-corrected chi connectivity index (χ3v) is 4.18. The maximum absolute atomic E-state index is 12.3. The number of carbonyl (C=O) groups is 1. The van der Waals surface area contributed by atoms with Crippen LogP contribution in [0, 0.1) is 0 Å². The summed E-state index contributed by atoms with van der Waals surface area (Å²) in [6, 6.07) is 7.90. The second-order valence-electron chi connectivity index (χ2n) is 3.97. The SMILES string of the molecule is CCN=C1S/C(=C/c2cccc(Br)c2)C(=O)N1CC. The number of benzene rings is 1. The lowest BCUT2D eigenvalue weighted by molar-refractivity contribution is -0.122. The number of aliphatic imine (C=N–C) groups is 1. The van der Waals surface area contributed by atoms with Crippen molar-refractivity contribution >= 4 is 44.8 Å². The quantitative estimate of drug-likeness (QED) is 0.786. The number of halogens is 1. The molecule has 100 valence electrons. The minimum absolute atomic E-state index is 0.0414. The topological polar surface area (TPSA) is 32.7 Å². The average molecular weight is 339 g/mol. The molecule has 1 aliphatic rings. The van der Waals surface area contributed by atoms with Gasteiger partial charge in [-0.3, -0.25) is 14.7 Å². The van der Waals surface area contributed by atoms with Crippen LogP contribution in [0.3, 0.4) is 0 Å². The third-order valence-electron chi connectivity index (χ3n) is 2.64. The Morgan fingerprint density at radius 2 is 2.21 bits per heavy atom. The molecule has 0 atom stereocenters. The Morgan fingerprint density at radius 1 is 1.42 bits per heavy atom. The maximum atomic E-state index is 12.3. The predicted octanol–water partition coefficient (Wildman–Crippen LogP) is 3.76. The van der Waals surface area contributed by atoms with E-state index in [9.17, 15) is 4.79 Å². The van der Waals surface area contributed by atoms with Gasteiger partial charge in [0, 0.05) is 17.6 Å². The molecule has 0 saturated carbocycles. The summed E-state index contributed by atoms with van der Waals surface area (Å²) in [5, 5.41) is 0.802. The van der Waals surface area contributed by atoms with Gasteiger partial charge in [-0.05, 0) is 49.4 Å². The van der Waals surface area contributed by atoms with E-state index in [1.807, 2.05) is 44.2 Å². The van der Waals surface area contributed by atoms with Crippen LogP contribution in [0.1, 0.15) is 19.4 Å². The fraction of sp³-hybridized carbons (Fsp3) is 0.286. The van der Waals surface area contributed by atoms with E-state index in [1.54, 1.807) is 4.90 Å². The highest BCUT2D eigenvalue weighted by Crippen LogP contribution is 2.32. The largest absolute Gasteiger partial charge is 0.287 e. The van der Waals surface area contributed by atoms with E-state index in [1.165, 1.54) is 11.8 Å². The highest BCUT2D eigenvalue weighted by Gasteiger charge is 2.31. The van der Waals surface area contributed by atoms with Crippen molar-refractivity contribution < 1.29 is 4.79 Å². The van der Waals surface area contributed by atoms with Crippen molar-refractivity contribution in [2.45, 2.75) is 13.8 Å². The number of thioether (sulfide) groups is 1. The smallest absolute Gasteiger partial charge is 0.266 e. The monoisotopic (exact) mass is 338 g/mol. The first-order valence-electron chi connectivity index (χ1n) is 6.17. The standard InChI is InChI=1S/C14H15BrN2OS/c1-3-16-14-17(4-2)13(18)12(19-14)9-10-6-5-7-11(15)8-10/h5-9H,3-4H2,1-2H3/b12-9+,16-14?. The molecule has 1 saturated heterocycles. The summed E-state index contributed by atoms with van der Waals surface area (Å²) in [5.74, 6) is 0.0414. The van der Waals surface area contributed by atoms with Crippen LogP contribution in [0.4, 0.5) is 0 Å². The second kappa shape index (κ2) is 6.39. The Bertz CT molecular complexity index is 554. The Kier molecular flexibility index (Phi) is 4.82. The van der Waals surface area contributed by atoms with Gasteiger partial charge in [-0.1, -0.05) is 28.1 Å². The molecule has 19 heavy (non-hydrogen) atoms. The van der Waals surface area contributed by atoms with Crippen LogP contribution in [0.2, 0.25) is 0 Å². The zero-order chi connectivity index (χ0) is 13.8. The molecule has 1 aromatic rings. The molecular formula is C14H15BrN2OS. The summed E-state index contributed by atoms with van der Waals surface area (Å²) >= 11 is 4.88. The first-order valence-corrected chi connectivity index (χ1v) is 7.78. The molecule has 3 nitrogen and oxygen atoms in total. The second-order valence-corrected chi connectivity index (χ2v) is 5.90. The Balaban J connectivity index is 2.31. The third kappa shape index (κ3) is 3.28. The first kappa shape index (κ1) is 14.3. The van der Waals surface area contributed by atoms with E-state index >= 15 is 0 Å². The van der Waals surface area contributed by atoms with Crippen molar-refractivity contribution in [2.24, 2.45) is 4.99 Å². The normalized spacial score (nSPS) is 19.7. The van der Waals surface area contributed by atoms with E-state index < -0.39 is 0 Å². The van der Waals surface area contributed by atoms with Crippen molar-refractivity contribution in [1.82, 2.24) is 4.90 Å². The van der Waals surface area contributed by atoms with Gasteiger partial charge in [-0.15, -0.1) is 0 Å². The molecule has 1 fully saturated rings. The predicted molar refractivity (Wildman–Crippen MR) is 85.1 cm³/mol. The van der Waals surface area contributed by atoms with Crippen LogP contribution >= 0.6 is 27.7 Å². The maximum Gasteiger partial charge on any atom is 0.266 e. The summed E-state index contributed by atoms with van der Waals surface area (Å²) in [7, 11) is 0. The number of amidine groups is 1. The molecule has 0 aromatic heterocycles. The first-order chi connectivity index (χ1) is 9.15. The number of carbonyl (C=O) groups excluding carboxylic acids is 1. The number of hydrogen-bond donors (Lipinski definition) is 0. The number of rotatable bonds is 3. The summed E-state index contributed by atoms with van der Waals surface area (Å²) in [6.45, 7) is 5.28. The van der Waals surface area contributed by atoms with E-state index in [2.05, 4.69) is 20.9 Å². The average Bonchev–Trinajstić information content (AvgIpc) is 2.66. The van der Waals surface area contributed by atoms with Crippen molar-refractivity contribution in [3.05, 3.63) is 39.2 Å². The van der Waals surface area contributed by atoms with Gasteiger partial charge in [-0.2, -0.15) is 0 Å². The zero-order valence-electron chi connectivity index (χ0n) is 10.9. The van der Waals surface area contributed by atoms with Gasteiger partial charge in [0.05, 0.1) is 4.91 Å². The zero-order valence-corrected chi connectivity index (χ0v) is 13.3. The van der Waals surface area contributed by atoms with E-state index in [-0.39, 0.29) is 5.91 Å². The summed E-state index contributed by atoms with van der Waals surface area (Å²) in [5.41, 5.74) is 1.01.